The Kier molecular flexibility index (Phi) is 7.35. The van der Waals surface area contributed by atoms with Crippen LogP contribution in [0.1, 0.15) is 11.1 Å². The molecule has 0 fully saturated rings. The van der Waals surface area contributed by atoms with E-state index in [9.17, 15) is 19.7 Å². The van der Waals surface area contributed by atoms with E-state index < -0.39 is 10.8 Å². The maximum atomic E-state index is 11.9. The number of benzene rings is 2. The summed E-state index contributed by atoms with van der Waals surface area (Å²) in [6.45, 7) is 0. The summed E-state index contributed by atoms with van der Waals surface area (Å²) in [6, 6.07) is 13.0. The van der Waals surface area contributed by atoms with E-state index in [4.69, 9.17) is 12.2 Å². The van der Waals surface area contributed by atoms with Gasteiger partial charge in [-0.3, -0.25) is 25.0 Å². The summed E-state index contributed by atoms with van der Waals surface area (Å²) >= 11 is 5.09. The van der Waals surface area contributed by atoms with Crippen molar-refractivity contribution in [2.75, 3.05) is 12.4 Å². The van der Waals surface area contributed by atoms with Crippen molar-refractivity contribution in [1.82, 2.24) is 10.6 Å². The van der Waals surface area contributed by atoms with Gasteiger partial charge in [0.25, 0.3) is 5.69 Å². The number of amides is 2. The first-order chi connectivity index (χ1) is 13.4. The molecule has 8 nitrogen and oxygen atoms in total. The highest BCUT2D eigenvalue weighted by atomic mass is 32.1. The van der Waals surface area contributed by atoms with Gasteiger partial charge in [0.15, 0.2) is 5.11 Å². The highest BCUT2D eigenvalue weighted by Gasteiger charge is 2.06. The van der Waals surface area contributed by atoms with Crippen LogP contribution in [-0.2, 0) is 16.0 Å². The molecular formula is C19H18N4O4S. The molecule has 0 heterocycles. The fraction of sp³-hybridized carbons (Fsp3) is 0.105. The summed E-state index contributed by atoms with van der Waals surface area (Å²) in [6.07, 6.45) is 2.97. The van der Waals surface area contributed by atoms with Gasteiger partial charge in [0.05, 0.1) is 11.3 Å². The van der Waals surface area contributed by atoms with Crippen LogP contribution in [0.5, 0.6) is 0 Å². The van der Waals surface area contributed by atoms with E-state index in [1.54, 1.807) is 37.4 Å². The lowest BCUT2D eigenvalue weighted by atomic mass is 10.1. The smallest absolute Gasteiger partial charge is 0.270 e. The molecule has 0 saturated heterocycles. The van der Waals surface area contributed by atoms with Crippen molar-refractivity contribution in [3.05, 3.63) is 75.8 Å². The van der Waals surface area contributed by atoms with Gasteiger partial charge in [-0.2, -0.15) is 0 Å². The van der Waals surface area contributed by atoms with Crippen LogP contribution < -0.4 is 16.0 Å². The van der Waals surface area contributed by atoms with Gasteiger partial charge in [0.2, 0.25) is 11.8 Å². The minimum Gasteiger partial charge on any atom is -0.359 e. The number of carbonyl (C=O) groups excluding carboxylic acids is 2. The van der Waals surface area contributed by atoms with Gasteiger partial charge >= 0.3 is 0 Å². The zero-order valence-corrected chi connectivity index (χ0v) is 15.8. The molecule has 0 atom stereocenters. The molecule has 0 unspecified atom stereocenters. The molecule has 2 aromatic carbocycles. The van der Waals surface area contributed by atoms with Crippen LogP contribution in [0.15, 0.2) is 54.6 Å². The second-order valence-corrected chi connectivity index (χ2v) is 6.08. The van der Waals surface area contributed by atoms with Crippen LogP contribution in [0.3, 0.4) is 0 Å². The average molecular weight is 398 g/mol. The molecular weight excluding hydrogens is 380 g/mol. The van der Waals surface area contributed by atoms with Crippen LogP contribution in [0.2, 0.25) is 0 Å². The van der Waals surface area contributed by atoms with E-state index in [0.29, 0.717) is 11.3 Å². The number of hydrogen-bond donors (Lipinski definition) is 3. The van der Waals surface area contributed by atoms with Crippen molar-refractivity contribution < 1.29 is 14.5 Å². The maximum absolute atomic E-state index is 11.9. The van der Waals surface area contributed by atoms with E-state index in [1.165, 1.54) is 30.4 Å². The summed E-state index contributed by atoms with van der Waals surface area (Å²) in [5.41, 5.74) is 1.97. The fourth-order valence-corrected chi connectivity index (χ4v) is 2.43. The largest absolute Gasteiger partial charge is 0.359 e. The van der Waals surface area contributed by atoms with Gasteiger partial charge in [-0.15, -0.1) is 0 Å². The number of hydrogen-bond acceptors (Lipinski definition) is 5. The summed E-state index contributed by atoms with van der Waals surface area (Å²) in [5.74, 6) is -0.556. The third kappa shape index (κ3) is 6.61. The predicted octanol–water partition coefficient (Wildman–Crippen LogP) is 2.41. The number of nitrogens with one attached hydrogen (secondary N) is 3. The zero-order valence-electron chi connectivity index (χ0n) is 15.0. The Morgan fingerprint density at radius 1 is 1.18 bits per heavy atom. The molecule has 144 valence electrons. The lowest BCUT2D eigenvalue weighted by Gasteiger charge is -2.09. The molecule has 28 heavy (non-hydrogen) atoms. The van der Waals surface area contributed by atoms with Crippen LogP contribution in [0.25, 0.3) is 6.08 Å². The van der Waals surface area contributed by atoms with E-state index in [0.717, 1.165) is 5.56 Å². The maximum Gasteiger partial charge on any atom is 0.270 e. The monoisotopic (exact) mass is 398 g/mol. The molecule has 2 amide bonds. The highest BCUT2D eigenvalue weighted by Crippen LogP contribution is 2.14. The quantitative estimate of drug-likeness (QED) is 0.298. The van der Waals surface area contributed by atoms with Crippen LogP contribution in [0.4, 0.5) is 11.4 Å². The van der Waals surface area contributed by atoms with Gasteiger partial charge in [0.1, 0.15) is 0 Å². The summed E-state index contributed by atoms with van der Waals surface area (Å²) in [7, 11) is 1.58. The number of carbonyl (C=O) groups is 2. The SMILES string of the molecule is CNC(=O)Cc1ccc(NC(=S)NC(=O)/C=C/c2cccc([N+](=O)[O-])c2)cc1. The molecule has 9 heteroatoms. The normalized spacial score (nSPS) is 10.3. The molecule has 0 aliphatic heterocycles. The third-order valence-electron chi connectivity index (χ3n) is 3.60. The number of likely N-dealkylation sites (N-methyl/N-ethyl adjacent to an activating group) is 1. The lowest BCUT2D eigenvalue weighted by Crippen LogP contribution is -2.32. The first-order valence-electron chi connectivity index (χ1n) is 8.21. The van der Waals surface area contributed by atoms with E-state index in [2.05, 4.69) is 16.0 Å². The Morgan fingerprint density at radius 2 is 1.89 bits per heavy atom. The fourth-order valence-electron chi connectivity index (χ4n) is 2.21. The first kappa shape index (κ1) is 20.7. The topological polar surface area (TPSA) is 113 Å². The van der Waals surface area contributed by atoms with Crippen molar-refractivity contribution in [2.24, 2.45) is 0 Å². The molecule has 0 aliphatic carbocycles. The molecule has 0 bridgehead atoms. The first-order valence-corrected chi connectivity index (χ1v) is 8.62. The predicted molar refractivity (Wildman–Crippen MR) is 111 cm³/mol. The molecule has 0 radical (unpaired) electrons. The second-order valence-electron chi connectivity index (χ2n) is 5.68. The van der Waals surface area contributed by atoms with Crippen molar-refractivity contribution in [3.8, 4) is 0 Å². The number of anilines is 1. The second kappa shape index (κ2) is 9.93. The van der Waals surface area contributed by atoms with Gasteiger partial charge in [0, 0.05) is 30.9 Å². The van der Waals surface area contributed by atoms with Crippen LogP contribution in [-0.4, -0.2) is 28.9 Å². The van der Waals surface area contributed by atoms with Crippen LogP contribution >= 0.6 is 12.2 Å². The molecule has 2 rings (SSSR count). The van der Waals surface area contributed by atoms with Gasteiger partial charge in [-0.25, -0.2) is 0 Å². The Bertz CT molecular complexity index is 926. The standard InChI is InChI=1S/C19H18N4O4S/c1-20-18(25)12-14-5-8-15(9-6-14)21-19(28)22-17(24)10-7-13-3-2-4-16(11-13)23(26)27/h2-11H,12H2,1H3,(H,20,25)(H2,21,22,24,28)/b10-7+. The molecule has 2 aromatic rings. The Balaban J connectivity index is 1.88. The molecule has 3 N–H and O–H groups in total. The number of rotatable bonds is 6. The summed E-state index contributed by atoms with van der Waals surface area (Å²) in [5, 5.41) is 18.8. The highest BCUT2D eigenvalue weighted by molar-refractivity contribution is 7.80. The van der Waals surface area contributed by atoms with E-state index >= 15 is 0 Å². The average Bonchev–Trinajstić information content (AvgIpc) is 2.68. The lowest BCUT2D eigenvalue weighted by molar-refractivity contribution is -0.384. The van der Waals surface area contributed by atoms with Crippen LogP contribution in [0, 0.1) is 10.1 Å². The Labute approximate surface area is 166 Å². The molecule has 0 aliphatic rings. The third-order valence-corrected chi connectivity index (χ3v) is 3.80. The van der Waals surface area contributed by atoms with Crippen molar-refractivity contribution in [1.29, 1.82) is 0 Å². The minimum atomic E-state index is -0.504. The van der Waals surface area contributed by atoms with Crippen molar-refractivity contribution in [3.63, 3.8) is 0 Å². The number of nitro benzene ring substituents is 1. The van der Waals surface area contributed by atoms with E-state index in [1.807, 2.05) is 0 Å². The number of non-ortho nitro benzene ring substituents is 1. The summed E-state index contributed by atoms with van der Waals surface area (Å²) < 4.78 is 0. The van der Waals surface area contributed by atoms with Gasteiger partial charge in [-0.1, -0.05) is 24.3 Å². The minimum absolute atomic E-state index is 0.0559. The van der Waals surface area contributed by atoms with Gasteiger partial charge in [-0.05, 0) is 41.6 Å². The zero-order chi connectivity index (χ0) is 20.5. The molecule has 0 aromatic heterocycles. The van der Waals surface area contributed by atoms with Crippen molar-refractivity contribution in [2.45, 2.75) is 6.42 Å². The van der Waals surface area contributed by atoms with Crippen molar-refractivity contribution >= 4 is 46.6 Å². The van der Waals surface area contributed by atoms with Gasteiger partial charge < -0.3 is 10.6 Å². The van der Waals surface area contributed by atoms with E-state index in [-0.39, 0.29) is 23.1 Å². The molecule has 0 spiro atoms. The Hall–Kier alpha value is -3.59. The number of nitrogens with zero attached hydrogens (tertiary/aromatic N) is 1. The number of thiocarbonyl (C=S) groups is 1. The number of nitro groups is 1. The summed E-state index contributed by atoms with van der Waals surface area (Å²) in [4.78, 5) is 33.5. The molecule has 0 saturated carbocycles. The Morgan fingerprint density at radius 3 is 2.54 bits per heavy atom.